The number of aliphatic imine (C=N–C) groups is 1. The first-order chi connectivity index (χ1) is 11.7. The maximum absolute atomic E-state index is 5.45. The van der Waals surface area contributed by atoms with Gasteiger partial charge in [-0.15, -0.1) is 35.3 Å². The van der Waals surface area contributed by atoms with E-state index in [0.29, 0.717) is 18.8 Å². The van der Waals surface area contributed by atoms with Gasteiger partial charge in [-0.05, 0) is 19.9 Å². The molecule has 0 unspecified atom stereocenters. The van der Waals surface area contributed by atoms with Crippen molar-refractivity contribution in [3.63, 3.8) is 0 Å². The molecule has 0 saturated heterocycles. The summed E-state index contributed by atoms with van der Waals surface area (Å²) in [6.07, 6.45) is 1.88. The predicted molar refractivity (Wildman–Crippen MR) is 113 cm³/mol. The fraction of sp³-hybridized carbons (Fsp3) is 0.412. The molecule has 0 aliphatic carbocycles. The van der Waals surface area contributed by atoms with E-state index in [1.807, 2.05) is 31.3 Å². The average molecular weight is 476 g/mol. The molecular formula is C17H25IN4O2S. The Kier molecular flexibility index (Phi) is 9.58. The summed E-state index contributed by atoms with van der Waals surface area (Å²) in [5, 5.41) is 7.58. The SMILES string of the molecule is CCNC(=NCc1cccc(OC)c1OC)NCc1ncc(C)s1.I. The number of halogens is 1. The van der Waals surface area contributed by atoms with Gasteiger partial charge in [0.2, 0.25) is 0 Å². The molecule has 1 aromatic heterocycles. The molecule has 0 bridgehead atoms. The normalized spacial score (nSPS) is 10.8. The average Bonchev–Trinajstić information content (AvgIpc) is 3.02. The number of benzene rings is 1. The smallest absolute Gasteiger partial charge is 0.191 e. The second-order valence-electron chi connectivity index (χ2n) is 5.07. The van der Waals surface area contributed by atoms with Crippen molar-refractivity contribution in [2.24, 2.45) is 4.99 Å². The van der Waals surface area contributed by atoms with Crippen LogP contribution in [-0.4, -0.2) is 31.7 Å². The van der Waals surface area contributed by atoms with Gasteiger partial charge in [-0.25, -0.2) is 9.98 Å². The minimum absolute atomic E-state index is 0. The van der Waals surface area contributed by atoms with Crippen LogP contribution in [0.1, 0.15) is 22.4 Å². The highest BCUT2D eigenvalue weighted by atomic mass is 127. The molecule has 138 valence electrons. The first-order valence-electron chi connectivity index (χ1n) is 7.81. The first kappa shape index (κ1) is 21.5. The number of nitrogens with one attached hydrogen (secondary N) is 2. The highest BCUT2D eigenvalue weighted by Crippen LogP contribution is 2.31. The molecule has 0 fully saturated rings. The van der Waals surface area contributed by atoms with Gasteiger partial charge in [0, 0.05) is 23.2 Å². The van der Waals surface area contributed by atoms with Gasteiger partial charge < -0.3 is 20.1 Å². The molecule has 1 aromatic carbocycles. The molecule has 0 saturated carbocycles. The van der Waals surface area contributed by atoms with Crippen LogP contribution in [0.2, 0.25) is 0 Å². The van der Waals surface area contributed by atoms with Crippen molar-refractivity contribution in [2.75, 3.05) is 20.8 Å². The Morgan fingerprint density at radius 2 is 2.04 bits per heavy atom. The fourth-order valence-corrected chi connectivity index (χ4v) is 2.95. The quantitative estimate of drug-likeness (QED) is 0.365. The largest absolute Gasteiger partial charge is 0.493 e. The Morgan fingerprint density at radius 1 is 1.24 bits per heavy atom. The predicted octanol–water partition coefficient (Wildman–Crippen LogP) is 3.34. The molecular weight excluding hydrogens is 451 g/mol. The topological polar surface area (TPSA) is 67.8 Å². The summed E-state index contributed by atoms with van der Waals surface area (Å²) in [4.78, 5) is 10.2. The summed E-state index contributed by atoms with van der Waals surface area (Å²) in [5.74, 6) is 2.17. The van der Waals surface area contributed by atoms with Crippen LogP contribution in [-0.2, 0) is 13.1 Å². The lowest BCUT2D eigenvalue weighted by atomic mass is 10.2. The van der Waals surface area contributed by atoms with Crippen molar-refractivity contribution in [3.8, 4) is 11.5 Å². The highest BCUT2D eigenvalue weighted by molar-refractivity contribution is 14.0. The number of thiazole rings is 1. The summed E-state index contributed by atoms with van der Waals surface area (Å²) in [5.41, 5.74) is 0.971. The third-order valence-electron chi connectivity index (χ3n) is 3.31. The molecule has 2 N–H and O–H groups in total. The second kappa shape index (κ2) is 11.1. The van der Waals surface area contributed by atoms with Crippen molar-refractivity contribution < 1.29 is 9.47 Å². The van der Waals surface area contributed by atoms with Gasteiger partial charge in [0.1, 0.15) is 5.01 Å². The Labute approximate surface area is 170 Å². The zero-order chi connectivity index (χ0) is 17.4. The maximum atomic E-state index is 5.45. The van der Waals surface area contributed by atoms with Crippen LogP contribution < -0.4 is 20.1 Å². The highest BCUT2D eigenvalue weighted by Gasteiger charge is 2.09. The Hall–Kier alpha value is -1.55. The lowest BCUT2D eigenvalue weighted by molar-refractivity contribution is 0.352. The summed E-state index contributed by atoms with van der Waals surface area (Å²) in [6, 6.07) is 5.80. The molecule has 25 heavy (non-hydrogen) atoms. The maximum Gasteiger partial charge on any atom is 0.191 e. The monoisotopic (exact) mass is 476 g/mol. The molecule has 0 amide bonds. The standard InChI is InChI=1S/C17H24N4O2S.HI/c1-5-18-17(21-11-15-19-9-12(2)24-15)20-10-13-7-6-8-14(22-3)16(13)23-4;/h6-9H,5,10-11H2,1-4H3,(H2,18,20,21);1H. The van der Waals surface area contributed by atoms with Crippen molar-refractivity contribution in [1.29, 1.82) is 0 Å². The molecule has 2 aromatic rings. The van der Waals surface area contributed by atoms with Crippen LogP contribution in [0.3, 0.4) is 0 Å². The van der Waals surface area contributed by atoms with E-state index < -0.39 is 0 Å². The summed E-state index contributed by atoms with van der Waals surface area (Å²) in [6.45, 7) is 6.02. The number of methoxy groups -OCH3 is 2. The summed E-state index contributed by atoms with van der Waals surface area (Å²) < 4.78 is 10.8. The molecule has 1 heterocycles. The minimum Gasteiger partial charge on any atom is -0.493 e. The Morgan fingerprint density at radius 3 is 2.64 bits per heavy atom. The van der Waals surface area contributed by atoms with E-state index in [9.17, 15) is 0 Å². The Bertz CT molecular complexity index is 691. The lowest BCUT2D eigenvalue weighted by Gasteiger charge is -2.13. The molecule has 6 nitrogen and oxygen atoms in total. The third kappa shape index (κ3) is 6.35. The summed E-state index contributed by atoms with van der Waals surface area (Å²) in [7, 11) is 3.27. The number of aryl methyl sites for hydroxylation is 1. The molecule has 0 radical (unpaired) electrons. The number of hydrogen-bond donors (Lipinski definition) is 2. The number of guanidine groups is 1. The van der Waals surface area contributed by atoms with Gasteiger partial charge in [0.05, 0.1) is 27.3 Å². The Balaban J connectivity index is 0.00000312. The van der Waals surface area contributed by atoms with Gasteiger partial charge in [0.15, 0.2) is 17.5 Å². The van der Waals surface area contributed by atoms with Crippen LogP contribution in [0.25, 0.3) is 0 Å². The zero-order valence-corrected chi connectivity index (χ0v) is 18.1. The van der Waals surface area contributed by atoms with Gasteiger partial charge in [-0.1, -0.05) is 12.1 Å². The van der Waals surface area contributed by atoms with Crippen LogP contribution in [0.15, 0.2) is 29.4 Å². The lowest BCUT2D eigenvalue weighted by Crippen LogP contribution is -2.36. The van der Waals surface area contributed by atoms with Crippen LogP contribution in [0.4, 0.5) is 0 Å². The van der Waals surface area contributed by atoms with Gasteiger partial charge in [-0.2, -0.15) is 0 Å². The van der Waals surface area contributed by atoms with E-state index in [1.54, 1.807) is 25.6 Å². The molecule has 8 heteroatoms. The molecule has 0 aliphatic rings. The number of rotatable bonds is 7. The second-order valence-corrected chi connectivity index (χ2v) is 6.39. The number of para-hydroxylation sites is 1. The van der Waals surface area contributed by atoms with E-state index in [0.717, 1.165) is 28.8 Å². The first-order valence-corrected chi connectivity index (χ1v) is 8.63. The van der Waals surface area contributed by atoms with Gasteiger partial charge >= 0.3 is 0 Å². The zero-order valence-electron chi connectivity index (χ0n) is 15.0. The molecule has 0 aliphatic heterocycles. The van der Waals surface area contributed by atoms with E-state index in [2.05, 4.69) is 27.5 Å². The van der Waals surface area contributed by atoms with Crippen LogP contribution >= 0.6 is 35.3 Å². The van der Waals surface area contributed by atoms with Gasteiger partial charge in [-0.3, -0.25) is 0 Å². The van der Waals surface area contributed by atoms with Crippen molar-refractivity contribution in [3.05, 3.63) is 39.8 Å². The third-order valence-corrected chi connectivity index (χ3v) is 4.23. The van der Waals surface area contributed by atoms with E-state index >= 15 is 0 Å². The van der Waals surface area contributed by atoms with Crippen molar-refractivity contribution >= 4 is 41.3 Å². The van der Waals surface area contributed by atoms with E-state index in [1.165, 1.54) is 4.88 Å². The molecule has 2 rings (SSSR count). The number of aromatic nitrogens is 1. The van der Waals surface area contributed by atoms with E-state index in [4.69, 9.17) is 9.47 Å². The minimum atomic E-state index is 0. The molecule has 0 spiro atoms. The van der Waals surface area contributed by atoms with Crippen LogP contribution in [0.5, 0.6) is 11.5 Å². The van der Waals surface area contributed by atoms with Gasteiger partial charge in [0.25, 0.3) is 0 Å². The summed E-state index contributed by atoms with van der Waals surface area (Å²) >= 11 is 1.68. The number of ether oxygens (including phenoxy) is 2. The van der Waals surface area contributed by atoms with Crippen LogP contribution in [0, 0.1) is 6.92 Å². The van der Waals surface area contributed by atoms with Crippen molar-refractivity contribution in [1.82, 2.24) is 15.6 Å². The van der Waals surface area contributed by atoms with E-state index in [-0.39, 0.29) is 24.0 Å². The van der Waals surface area contributed by atoms with Crippen molar-refractivity contribution in [2.45, 2.75) is 26.9 Å². The fourth-order valence-electron chi connectivity index (χ4n) is 2.23. The number of hydrogen-bond acceptors (Lipinski definition) is 5. The molecule has 0 atom stereocenters. The number of nitrogens with zero attached hydrogens (tertiary/aromatic N) is 2.